The summed E-state index contributed by atoms with van der Waals surface area (Å²) in [4.78, 5) is 0. The SMILES string of the molecule is C=CCCCCCCCCCC1(CCCC)CCCCCCCC(C2=CCC2)CCCCC1. The first-order valence-corrected chi connectivity index (χ1v) is 15.6. The average Bonchev–Trinajstić information content (AvgIpc) is 2.79. The van der Waals surface area contributed by atoms with Gasteiger partial charge in [-0.05, 0) is 75.5 Å². The third-order valence-corrected chi connectivity index (χ3v) is 9.06. The Morgan fingerprint density at radius 3 is 1.91 bits per heavy atom. The van der Waals surface area contributed by atoms with Gasteiger partial charge in [0.2, 0.25) is 0 Å². The van der Waals surface area contributed by atoms with Crippen LogP contribution in [0.15, 0.2) is 24.3 Å². The quantitative estimate of drug-likeness (QED) is 0.180. The van der Waals surface area contributed by atoms with Gasteiger partial charge in [0.15, 0.2) is 0 Å². The van der Waals surface area contributed by atoms with Gasteiger partial charge in [-0.15, -0.1) is 6.58 Å². The number of unbranched alkanes of at least 4 members (excludes halogenated alkanes) is 8. The second kappa shape index (κ2) is 18.8. The van der Waals surface area contributed by atoms with Gasteiger partial charge in [-0.25, -0.2) is 0 Å². The highest BCUT2D eigenvalue weighted by Crippen LogP contribution is 2.42. The van der Waals surface area contributed by atoms with Crippen molar-refractivity contribution >= 4 is 0 Å². The van der Waals surface area contributed by atoms with Crippen LogP contribution in [0, 0.1) is 11.3 Å². The molecule has 0 aromatic heterocycles. The fourth-order valence-electron chi connectivity index (χ4n) is 6.66. The Kier molecular flexibility index (Phi) is 16.3. The predicted molar refractivity (Wildman–Crippen MR) is 150 cm³/mol. The van der Waals surface area contributed by atoms with E-state index < -0.39 is 0 Å². The largest absolute Gasteiger partial charge is 0.103 e. The standard InChI is InChI=1S/C33H60/c1-3-5-7-8-9-10-11-14-19-28-33(27-6-4-2)29-20-15-12-13-17-23-31(32-25-22-26-32)24-18-16-21-30-33/h3,25,31H,1,4-24,26-30H2,2H3. The van der Waals surface area contributed by atoms with Crippen molar-refractivity contribution in [1.29, 1.82) is 0 Å². The molecule has 2 rings (SSSR count). The minimum atomic E-state index is 0.681. The Hall–Kier alpha value is -0.520. The van der Waals surface area contributed by atoms with Crippen molar-refractivity contribution in [1.82, 2.24) is 0 Å². The highest BCUT2D eigenvalue weighted by molar-refractivity contribution is 5.15. The van der Waals surface area contributed by atoms with E-state index >= 15 is 0 Å². The Morgan fingerprint density at radius 1 is 0.758 bits per heavy atom. The topological polar surface area (TPSA) is 0 Å². The van der Waals surface area contributed by atoms with Crippen LogP contribution in [0.25, 0.3) is 0 Å². The molecule has 0 bridgehead atoms. The second-order valence-electron chi connectivity index (χ2n) is 11.8. The van der Waals surface area contributed by atoms with Gasteiger partial charge in [0, 0.05) is 0 Å². The van der Waals surface area contributed by atoms with Gasteiger partial charge in [-0.2, -0.15) is 0 Å². The normalized spacial score (nSPS) is 25.6. The third-order valence-electron chi connectivity index (χ3n) is 9.06. The zero-order valence-electron chi connectivity index (χ0n) is 22.8. The smallest absolute Gasteiger partial charge is 0.0203 e. The third kappa shape index (κ3) is 12.7. The minimum absolute atomic E-state index is 0.681. The molecule has 0 spiro atoms. The number of allylic oxidation sites excluding steroid dienone is 3. The molecule has 0 radical (unpaired) electrons. The van der Waals surface area contributed by atoms with E-state index in [2.05, 4.69) is 25.7 Å². The molecular formula is C33H60. The summed E-state index contributed by atoms with van der Waals surface area (Å²) in [7, 11) is 0. The number of hydrogen-bond acceptors (Lipinski definition) is 0. The highest BCUT2D eigenvalue weighted by atomic mass is 14.3. The first-order valence-electron chi connectivity index (χ1n) is 15.6. The molecule has 192 valence electrons. The van der Waals surface area contributed by atoms with E-state index in [1.165, 1.54) is 167 Å². The molecule has 0 heterocycles. The lowest BCUT2D eigenvalue weighted by atomic mass is 9.70. The molecule has 1 fully saturated rings. The van der Waals surface area contributed by atoms with Crippen molar-refractivity contribution in [3.05, 3.63) is 24.3 Å². The molecule has 1 saturated carbocycles. The maximum Gasteiger partial charge on any atom is -0.0203 e. The summed E-state index contributed by atoms with van der Waals surface area (Å²) in [5, 5.41) is 0. The highest BCUT2D eigenvalue weighted by Gasteiger charge is 2.28. The molecule has 2 atom stereocenters. The van der Waals surface area contributed by atoms with Gasteiger partial charge in [-0.3, -0.25) is 0 Å². The van der Waals surface area contributed by atoms with E-state index in [9.17, 15) is 0 Å². The van der Waals surface area contributed by atoms with Gasteiger partial charge in [0.25, 0.3) is 0 Å². The van der Waals surface area contributed by atoms with Crippen LogP contribution >= 0.6 is 0 Å². The zero-order valence-corrected chi connectivity index (χ0v) is 22.8. The maximum atomic E-state index is 3.85. The van der Waals surface area contributed by atoms with Gasteiger partial charge >= 0.3 is 0 Å². The molecule has 0 aromatic rings. The van der Waals surface area contributed by atoms with Gasteiger partial charge in [-0.1, -0.05) is 127 Å². The van der Waals surface area contributed by atoms with Crippen LogP contribution in [-0.2, 0) is 0 Å². The van der Waals surface area contributed by atoms with Crippen LogP contribution in [-0.4, -0.2) is 0 Å². The predicted octanol–water partition coefficient (Wildman–Crippen LogP) is 11.9. The van der Waals surface area contributed by atoms with Crippen LogP contribution in [0.5, 0.6) is 0 Å². The molecule has 0 aliphatic heterocycles. The lowest BCUT2D eigenvalue weighted by Gasteiger charge is -2.35. The molecule has 0 amide bonds. The van der Waals surface area contributed by atoms with E-state index in [1.54, 1.807) is 0 Å². The summed E-state index contributed by atoms with van der Waals surface area (Å²) in [6.45, 7) is 6.25. The molecule has 33 heavy (non-hydrogen) atoms. The summed E-state index contributed by atoms with van der Waals surface area (Å²) < 4.78 is 0. The van der Waals surface area contributed by atoms with E-state index in [0.29, 0.717) is 5.41 Å². The molecule has 0 nitrogen and oxygen atoms in total. The number of rotatable bonds is 14. The van der Waals surface area contributed by atoms with Crippen molar-refractivity contribution in [3.63, 3.8) is 0 Å². The van der Waals surface area contributed by atoms with Crippen molar-refractivity contribution < 1.29 is 0 Å². The fourth-order valence-corrected chi connectivity index (χ4v) is 6.66. The monoisotopic (exact) mass is 456 g/mol. The molecule has 0 saturated heterocycles. The van der Waals surface area contributed by atoms with Crippen molar-refractivity contribution in [2.45, 2.75) is 174 Å². The van der Waals surface area contributed by atoms with E-state index in [4.69, 9.17) is 0 Å². The molecule has 2 aliphatic carbocycles. The van der Waals surface area contributed by atoms with E-state index in [1.807, 2.05) is 5.57 Å². The lowest BCUT2D eigenvalue weighted by Crippen LogP contribution is -2.21. The molecule has 0 aromatic carbocycles. The van der Waals surface area contributed by atoms with Crippen LogP contribution in [0.4, 0.5) is 0 Å². The van der Waals surface area contributed by atoms with Crippen LogP contribution in [0.2, 0.25) is 0 Å². The zero-order chi connectivity index (χ0) is 23.5. The fraction of sp³-hybridized carbons (Fsp3) is 0.879. The van der Waals surface area contributed by atoms with E-state index in [0.717, 1.165) is 5.92 Å². The molecular weight excluding hydrogens is 396 g/mol. The van der Waals surface area contributed by atoms with Crippen molar-refractivity contribution in [2.24, 2.45) is 11.3 Å². The number of hydrogen-bond donors (Lipinski definition) is 0. The summed E-state index contributed by atoms with van der Waals surface area (Å²) in [6.07, 6.45) is 42.5. The van der Waals surface area contributed by atoms with Crippen LogP contribution in [0.3, 0.4) is 0 Å². The first kappa shape index (κ1) is 28.7. The molecule has 2 aliphatic rings. The van der Waals surface area contributed by atoms with Gasteiger partial charge in [0.1, 0.15) is 0 Å². The van der Waals surface area contributed by atoms with Crippen LogP contribution < -0.4 is 0 Å². The Labute approximate surface area is 209 Å². The average molecular weight is 457 g/mol. The molecule has 0 heteroatoms. The lowest BCUT2D eigenvalue weighted by molar-refractivity contribution is 0.172. The Morgan fingerprint density at radius 2 is 1.30 bits per heavy atom. The maximum absolute atomic E-state index is 3.85. The summed E-state index contributed by atoms with van der Waals surface area (Å²) in [5.74, 6) is 0.948. The van der Waals surface area contributed by atoms with E-state index in [-0.39, 0.29) is 0 Å². The van der Waals surface area contributed by atoms with Crippen molar-refractivity contribution in [2.75, 3.05) is 0 Å². The second-order valence-corrected chi connectivity index (χ2v) is 11.8. The summed E-state index contributed by atoms with van der Waals surface area (Å²) in [6, 6.07) is 0. The Balaban J connectivity index is 1.79. The van der Waals surface area contributed by atoms with Crippen LogP contribution in [0.1, 0.15) is 174 Å². The van der Waals surface area contributed by atoms with Crippen molar-refractivity contribution in [3.8, 4) is 0 Å². The molecule has 2 unspecified atom stereocenters. The summed E-state index contributed by atoms with van der Waals surface area (Å²) >= 11 is 0. The summed E-state index contributed by atoms with van der Waals surface area (Å²) in [5.41, 5.74) is 2.51. The minimum Gasteiger partial charge on any atom is -0.103 e. The first-order chi connectivity index (χ1) is 16.3. The Bertz CT molecular complexity index is 500. The molecule has 0 N–H and O–H groups in total. The van der Waals surface area contributed by atoms with Gasteiger partial charge < -0.3 is 0 Å². The van der Waals surface area contributed by atoms with Gasteiger partial charge in [0.05, 0.1) is 0 Å².